The van der Waals surface area contributed by atoms with E-state index in [2.05, 4.69) is 16.2 Å². The van der Waals surface area contributed by atoms with Crippen molar-refractivity contribution in [2.24, 2.45) is 0 Å². The molecule has 2 rings (SSSR count). The maximum atomic E-state index is 2.97. The Labute approximate surface area is 73.2 Å². The Balaban J connectivity index is 0.000000127. The van der Waals surface area contributed by atoms with Gasteiger partial charge in [0.05, 0.1) is 0 Å². The lowest BCUT2D eigenvalue weighted by Crippen LogP contribution is -2.21. The Hall–Kier alpha value is -1.06. The molecule has 2 aliphatic heterocycles. The first kappa shape index (κ1) is 9.03. The van der Waals surface area contributed by atoms with Crippen LogP contribution in [0.15, 0.2) is 36.7 Å². The molecule has 0 spiro atoms. The van der Waals surface area contributed by atoms with Crippen LogP contribution in [0.25, 0.3) is 0 Å². The lowest BCUT2D eigenvalue weighted by atomic mass is 10.5. The fourth-order valence-electron chi connectivity index (χ4n) is 0.848. The van der Waals surface area contributed by atoms with Crippen LogP contribution >= 0.6 is 0 Å². The van der Waals surface area contributed by atoms with Crippen LogP contribution in [0.5, 0.6) is 0 Å². The first-order chi connectivity index (χ1) is 6.00. The molecule has 2 heterocycles. The molecule has 12 heavy (non-hydrogen) atoms. The van der Waals surface area contributed by atoms with Gasteiger partial charge in [-0.2, -0.15) is 0 Å². The molecule has 2 aliphatic rings. The molecule has 1 fully saturated rings. The quantitative estimate of drug-likeness (QED) is 0.493. The molecule has 3 nitrogen and oxygen atoms in total. The minimum atomic E-state index is 1.14. The van der Waals surface area contributed by atoms with E-state index in [1.807, 2.05) is 36.7 Å². The Bertz CT molecular complexity index is 157. The third-order valence-corrected chi connectivity index (χ3v) is 1.45. The van der Waals surface area contributed by atoms with Crippen LogP contribution in [0.1, 0.15) is 6.42 Å². The van der Waals surface area contributed by atoms with E-state index in [0.29, 0.717) is 0 Å². The predicted molar refractivity (Wildman–Crippen MR) is 51.2 cm³/mol. The SMILES string of the molecule is C1=CC=CNC=C1.C1CNNC1. The first-order valence-corrected chi connectivity index (χ1v) is 4.20. The number of hydrogen-bond donors (Lipinski definition) is 3. The average Bonchev–Trinajstić information content (AvgIpc) is 2.54. The number of hydrazine groups is 1. The number of rotatable bonds is 0. The van der Waals surface area contributed by atoms with Crippen molar-refractivity contribution in [3.8, 4) is 0 Å². The van der Waals surface area contributed by atoms with Crippen molar-refractivity contribution in [3.63, 3.8) is 0 Å². The lowest BCUT2D eigenvalue weighted by molar-refractivity contribution is 0.689. The highest BCUT2D eigenvalue weighted by Crippen LogP contribution is 1.81. The molecule has 0 atom stereocenters. The van der Waals surface area contributed by atoms with Crippen molar-refractivity contribution in [2.45, 2.75) is 6.42 Å². The fourth-order valence-corrected chi connectivity index (χ4v) is 0.848. The van der Waals surface area contributed by atoms with E-state index in [0.717, 1.165) is 13.1 Å². The van der Waals surface area contributed by atoms with Gasteiger partial charge in [-0.05, 0) is 18.6 Å². The van der Waals surface area contributed by atoms with Crippen molar-refractivity contribution >= 4 is 0 Å². The molecule has 0 bridgehead atoms. The second-order valence-electron chi connectivity index (χ2n) is 2.48. The molecule has 0 saturated carbocycles. The molecule has 3 N–H and O–H groups in total. The Morgan fingerprint density at radius 3 is 1.75 bits per heavy atom. The van der Waals surface area contributed by atoms with E-state index in [-0.39, 0.29) is 0 Å². The van der Waals surface area contributed by atoms with E-state index >= 15 is 0 Å². The zero-order valence-electron chi connectivity index (χ0n) is 7.09. The van der Waals surface area contributed by atoms with Gasteiger partial charge in [0, 0.05) is 25.5 Å². The summed E-state index contributed by atoms with van der Waals surface area (Å²) in [6, 6.07) is 0. The van der Waals surface area contributed by atoms with Crippen LogP contribution < -0.4 is 16.2 Å². The lowest BCUT2D eigenvalue weighted by Gasteiger charge is -1.81. The van der Waals surface area contributed by atoms with Gasteiger partial charge >= 0.3 is 0 Å². The van der Waals surface area contributed by atoms with Crippen molar-refractivity contribution in [3.05, 3.63) is 36.7 Å². The molecule has 0 aliphatic carbocycles. The van der Waals surface area contributed by atoms with Gasteiger partial charge in [-0.15, -0.1) is 0 Å². The summed E-state index contributed by atoms with van der Waals surface area (Å²) in [6.45, 7) is 2.28. The Morgan fingerprint density at radius 2 is 1.33 bits per heavy atom. The standard InChI is InChI=1S/C6H7N.C3H8N2/c1-2-4-6-7-5-3-1;1-2-4-5-3-1/h1-7H;4-5H,1-3H2. The summed E-state index contributed by atoms with van der Waals surface area (Å²) < 4.78 is 0. The van der Waals surface area contributed by atoms with Crippen LogP contribution in [0.3, 0.4) is 0 Å². The first-order valence-electron chi connectivity index (χ1n) is 4.20. The van der Waals surface area contributed by atoms with E-state index in [4.69, 9.17) is 0 Å². The van der Waals surface area contributed by atoms with Crippen LogP contribution in [0, 0.1) is 0 Å². The zero-order chi connectivity index (χ0) is 8.49. The molecule has 1 saturated heterocycles. The van der Waals surface area contributed by atoms with Crippen molar-refractivity contribution in [2.75, 3.05) is 13.1 Å². The van der Waals surface area contributed by atoms with E-state index in [1.54, 1.807) is 0 Å². The van der Waals surface area contributed by atoms with Crippen molar-refractivity contribution < 1.29 is 0 Å². The molecule has 0 aromatic carbocycles. The van der Waals surface area contributed by atoms with Gasteiger partial charge in [-0.3, -0.25) is 10.9 Å². The highest BCUT2D eigenvalue weighted by Gasteiger charge is 1.91. The molecule has 0 amide bonds. The minimum absolute atomic E-state index is 1.14. The summed E-state index contributed by atoms with van der Waals surface area (Å²) in [6.07, 6.45) is 12.9. The maximum absolute atomic E-state index is 2.97. The summed E-state index contributed by atoms with van der Waals surface area (Å²) in [5.41, 5.74) is 5.94. The number of nitrogens with one attached hydrogen (secondary N) is 3. The van der Waals surface area contributed by atoms with Gasteiger partial charge in [-0.25, -0.2) is 0 Å². The highest BCUT2D eigenvalue weighted by molar-refractivity contribution is 5.14. The van der Waals surface area contributed by atoms with Crippen LogP contribution in [-0.2, 0) is 0 Å². The summed E-state index contributed by atoms with van der Waals surface area (Å²) in [5.74, 6) is 0. The largest absolute Gasteiger partial charge is 0.368 e. The van der Waals surface area contributed by atoms with Gasteiger partial charge in [-0.1, -0.05) is 12.2 Å². The summed E-state index contributed by atoms with van der Waals surface area (Å²) >= 11 is 0. The van der Waals surface area contributed by atoms with Crippen LogP contribution in [0.4, 0.5) is 0 Å². The third-order valence-electron chi connectivity index (χ3n) is 1.45. The average molecular weight is 165 g/mol. The van der Waals surface area contributed by atoms with Crippen molar-refractivity contribution in [1.82, 2.24) is 16.2 Å². The summed E-state index contributed by atoms with van der Waals surface area (Å²) in [5, 5.41) is 2.92. The number of allylic oxidation sites excluding steroid dienone is 4. The second-order valence-corrected chi connectivity index (χ2v) is 2.48. The molecular weight excluding hydrogens is 150 g/mol. The monoisotopic (exact) mass is 165 g/mol. The zero-order valence-corrected chi connectivity index (χ0v) is 7.09. The Kier molecular flexibility index (Phi) is 5.00. The van der Waals surface area contributed by atoms with Gasteiger partial charge in [0.15, 0.2) is 0 Å². The van der Waals surface area contributed by atoms with Gasteiger partial charge in [0.1, 0.15) is 0 Å². The van der Waals surface area contributed by atoms with Crippen molar-refractivity contribution in [1.29, 1.82) is 0 Å². The molecule has 66 valence electrons. The summed E-state index contributed by atoms with van der Waals surface area (Å²) in [7, 11) is 0. The van der Waals surface area contributed by atoms with Gasteiger partial charge in [0.2, 0.25) is 0 Å². The molecule has 0 radical (unpaired) electrons. The maximum Gasteiger partial charge on any atom is 0.0112 e. The predicted octanol–water partition coefficient (Wildman–Crippen LogP) is 0.657. The minimum Gasteiger partial charge on any atom is -0.368 e. The second kappa shape index (κ2) is 6.64. The smallest absolute Gasteiger partial charge is 0.0112 e. The Morgan fingerprint density at radius 1 is 0.750 bits per heavy atom. The van der Waals surface area contributed by atoms with Gasteiger partial charge in [0.25, 0.3) is 0 Å². The molecule has 3 heteroatoms. The highest BCUT2D eigenvalue weighted by atomic mass is 15.4. The van der Waals surface area contributed by atoms with Crippen LogP contribution in [-0.4, -0.2) is 13.1 Å². The fraction of sp³-hybridized carbons (Fsp3) is 0.333. The molecular formula is C9H15N3. The molecule has 0 aromatic rings. The van der Waals surface area contributed by atoms with E-state index in [1.165, 1.54) is 6.42 Å². The molecule has 0 unspecified atom stereocenters. The molecule has 0 aromatic heterocycles. The van der Waals surface area contributed by atoms with Gasteiger partial charge < -0.3 is 5.32 Å². The number of hydrogen-bond acceptors (Lipinski definition) is 3. The topological polar surface area (TPSA) is 36.1 Å². The summed E-state index contributed by atoms with van der Waals surface area (Å²) in [4.78, 5) is 0. The third kappa shape index (κ3) is 4.71. The van der Waals surface area contributed by atoms with Crippen LogP contribution in [0.2, 0.25) is 0 Å². The van der Waals surface area contributed by atoms with E-state index < -0.39 is 0 Å². The normalized spacial score (nSPS) is 19.3. The van der Waals surface area contributed by atoms with E-state index in [9.17, 15) is 0 Å².